The van der Waals surface area contributed by atoms with Crippen LogP contribution in [0.5, 0.6) is 0 Å². The molecule has 0 radical (unpaired) electrons. The number of oxime groups is 1. The molecule has 92 valence electrons. The van der Waals surface area contributed by atoms with Gasteiger partial charge in [-0.15, -0.1) is 0 Å². The maximum atomic E-state index is 11.6. The van der Waals surface area contributed by atoms with Gasteiger partial charge < -0.3 is 16.3 Å². The van der Waals surface area contributed by atoms with Gasteiger partial charge in [0, 0.05) is 6.42 Å². The van der Waals surface area contributed by atoms with Crippen LogP contribution in [0.25, 0.3) is 0 Å². The molecule has 0 aromatic heterocycles. The summed E-state index contributed by atoms with van der Waals surface area (Å²) in [6, 6.07) is -0.287. The van der Waals surface area contributed by atoms with Crippen molar-refractivity contribution in [3.8, 4) is 0 Å². The number of nitrogens with zero attached hydrogens (tertiary/aromatic N) is 1. The van der Waals surface area contributed by atoms with E-state index in [1.807, 2.05) is 0 Å². The monoisotopic (exact) mass is 227 g/mol. The first-order valence-corrected chi connectivity index (χ1v) is 5.81. The minimum atomic E-state index is -0.287. The number of amides is 1. The number of rotatable bonds is 6. The van der Waals surface area contributed by atoms with Gasteiger partial charge in [-0.05, 0) is 31.1 Å². The van der Waals surface area contributed by atoms with Gasteiger partial charge in [0.15, 0.2) is 5.84 Å². The molecule has 1 saturated carbocycles. The normalized spacial score (nSPS) is 18.6. The van der Waals surface area contributed by atoms with E-state index in [0.717, 1.165) is 19.3 Å². The standard InChI is InChI=1S/C11H21N3O2/c1-7(2)3-6-9(15)13-10(8-4-5-8)11(12)14-16/h7-8,10,16H,3-6H2,1-2H3,(H2,12,14)(H,13,15). The highest BCUT2D eigenvalue weighted by Crippen LogP contribution is 2.32. The molecule has 0 aromatic rings. The van der Waals surface area contributed by atoms with Crippen molar-refractivity contribution in [2.75, 3.05) is 0 Å². The summed E-state index contributed by atoms with van der Waals surface area (Å²) in [6.45, 7) is 4.16. The van der Waals surface area contributed by atoms with Gasteiger partial charge in [-0.25, -0.2) is 0 Å². The zero-order valence-corrected chi connectivity index (χ0v) is 9.94. The van der Waals surface area contributed by atoms with Crippen LogP contribution in [0.3, 0.4) is 0 Å². The summed E-state index contributed by atoms with van der Waals surface area (Å²) in [5, 5.41) is 14.4. The third kappa shape index (κ3) is 4.08. The number of nitrogens with one attached hydrogen (secondary N) is 1. The Kier molecular flexibility index (Phi) is 4.58. The molecule has 16 heavy (non-hydrogen) atoms. The van der Waals surface area contributed by atoms with E-state index in [-0.39, 0.29) is 17.8 Å². The highest BCUT2D eigenvalue weighted by molar-refractivity contribution is 5.90. The number of nitrogens with two attached hydrogens (primary N) is 1. The molecule has 0 aliphatic heterocycles. The van der Waals surface area contributed by atoms with Crippen LogP contribution in [-0.2, 0) is 4.79 Å². The third-order valence-corrected chi connectivity index (χ3v) is 2.79. The van der Waals surface area contributed by atoms with Crippen molar-refractivity contribution >= 4 is 11.7 Å². The average molecular weight is 227 g/mol. The molecule has 1 fully saturated rings. The lowest BCUT2D eigenvalue weighted by Crippen LogP contribution is -2.46. The van der Waals surface area contributed by atoms with Gasteiger partial charge in [-0.2, -0.15) is 0 Å². The Labute approximate surface area is 96.1 Å². The first-order chi connectivity index (χ1) is 7.54. The Morgan fingerprint density at radius 3 is 2.62 bits per heavy atom. The van der Waals surface area contributed by atoms with Crippen molar-refractivity contribution < 1.29 is 10.0 Å². The Morgan fingerprint density at radius 2 is 2.19 bits per heavy atom. The number of carbonyl (C=O) groups excluding carboxylic acids is 1. The van der Waals surface area contributed by atoms with E-state index >= 15 is 0 Å². The first kappa shape index (κ1) is 12.8. The van der Waals surface area contributed by atoms with Crippen LogP contribution in [0.4, 0.5) is 0 Å². The van der Waals surface area contributed by atoms with Crippen LogP contribution in [-0.4, -0.2) is 23.0 Å². The summed E-state index contributed by atoms with van der Waals surface area (Å²) in [6.07, 6.45) is 3.43. The molecule has 1 amide bonds. The van der Waals surface area contributed by atoms with E-state index in [9.17, 15) is 4.79 Å². The van der Waals surface area contributed by atoms with E-state index in [2.05, 4.69) is 24.3 Å². The number of amidine groups is 1. The highest BCUT2D eigenvalue weighted by Gasteiger charge is 2.35. The fourth-order valence-corrected chi connectivity index (χ4v) is 1.59. The fourth-order valence-electron chi connectivity index (χ4n) is 1.59. The molecule has 5 nitrogen and oxygen atoms in total. The van der Waals surface area contributed by atoms with E-state index in [0.29, 0.717) is 18.3 Å². The van der Waals surface area contributed by atoms with Crippen LogP contribution in [0.15, 0.2) is 5.16 Å². The Morgan fingerprint density at radius 1 is 1.56 bits per heavy atom. The van der Waals surface area contributed by atoms with Crippen LogP contribution in [0, 0.1) is 11.8 Å². The minimum absolute atomic E-state index is 0.0165. The van der Waals surface area contributed by atoms with Gasteiger partial charge in [-0.1, -0.05) is 19.0 Å². The van der Waals surface area contributed by atoms with Crippen LogP contribution in [0.2, 0.25) is 0 Å². The van der Waals surface area contributed by atoms with Gasteiger partial charge in [0.05, 0.1) is 6.04 Å². The molecular weight excluding hydrogens is 206 g/mol. The molecule has 4 N–H and O–H groups in total. The molecule has 1 rings (SSSR count). The van der Waals surface area contributed by atoms with E-state index in [1.54, 1.807) is 0 Å². The van der Waals surface area contributed by atoms with E-state index in [1.165, 1.54) is 0 Å². The van der Waals surface area contributed by atoms with Crippen molar-refractivity contribution in [2.24, 2.45) is 22.7 Å². The molecule has 1 atom stereocenters. The molecule has 0 heterocycles. The molecule has 1 aliphatic rings. The van der Waals surface area contributed by atoms with E-state index < -0.39 is 0 Å². The largest absolute Gasteiger partial charge is 0.409 e. The molecule has 0 saturated heterocycles. The van der Waals surface area contributed by atoms with Crippen LogP contribution in [0.1, 0.15) is 39.5 Å². The summed E-state index contributed by atoms with van der Waals surface area (Å²) in [7, 11) is 0. The minimum Gasteiger partial charge on any atom is -0.409 e. The third-order valence-electron chi connectivity index (χ3n) is 2.79. The van der Waals surface area contributed by atoms with Gasteiger partial charge >= 0.3 is 0 Å². The lowest BCUT2D eigenvalue weighted by atomic mass is 10.1. The molecule has 1 unspecified atom stereocenters. The smallest absolute Gasteiger partial charge is 0.220 e. The highest BCUT2D eigenvalue weighted by atomic mass is 16.4. The maximum absolute atomic E-state index is 11.6. The van der Waals surface area contributed by atoms with Crippen molar-refractivity contribution in [3.63, 3.8) is 0 Å². The van der Waals surface area contributed by atoms with Gasteiger partial charge in [-0.3, -0.25) is 4.79 Å². The second kappa shape index (κ2) is 5.72. The first-order valence-electron chi connectivity index (χ1n) is 5.81. The number of carbonyl (C=O) groups is 1. The van der Waals surface area contributed by atoms with Gasteiger partial charge in [0.1, 0.15) is 0 Å². The molecule has 0 spiro atoms. The lowest BCUT2D eigenvalue weighted by Gasteiger charge is -2.16. The maximum Gasteiger partial charge on any atom is 0.220 e. The molecule has 5 heteroatoms. The van der Waals surface area contributed by atoms with Gasteiger partial charge in [0.25, 0.3) is 0 Å². The summed E-state index contributed by atoms with van der Waals surface area (Å²) in [5.41, 5.74) is 5.55. The molecular formula is C11H21N3O2. The van der Waals surface area contributed by atoms with Crippen molar-refractivity contribution in [2.45, 2.75) is 45.6 Å². The van der Waals surface area contributed by atoms with Crippen molar-refractivity contribution in [1.82, 2.24) is 5.32 Å². The van der Waals surface area contributed by atoms with Gasteiger partial charge in [0.2, 0.25) is 5.91 Å². The van der Waals surface area contributed by atoms with Crippen LogP contribution >= 0.6 is 0 Å². The predicted octanol–water partition coefficient (Wildman–Crippen LogP) is 1.06. The van der Waals surface area contributed by atoms with E-state index in [4.69, 9.17) is 10.9 Å². The van der Waals surface area contributed by atoms with Crippen molar-refractivity contribution in [3.05, 3.63) is 0 Å². The summed E-state index contributed by atoms with van der Waals surface area (Å²) in [5.74, 6) is 0.950. The second-order valence-electron chi connectivity index (χ2n) is 4.84. The summed E-state index contributed by atoms with van der Waals surface area (Å²) >= 11 is 0. The molecule has 0 aromatic carbocycles. The quantitative estimate of drug-likeness (QED) is 0.274. The zero-order chi connectivity index (χ0) is 12.1. The summed E-state index contributed by atoms with van der Waals surface area (Å²) in [4.78, 5) is 11.6. The van der Waals surface area contributed by atoms with Crippen molar-refractivity contribution in [1.29, 1.82) is 0 Å². The zero-order valence-electron chi connectivity index (χ0n) is 9.94. The second-order valence-corrected chi connectivity index (χ2v) is 4.84. The van der Waals surface area contributed by atoms with Crippen LogP contribution < -0.4 is 11.1 Å². The summed E-state index contributed by atoms with van der Waals surface area (Å²) < 4.78 is 0. The topological polar surface area (TPSA) is 87.7 Å². The molecule has 0 bridgehead atoms. The number of hydrogen-bond donors (Lipinski definition) is 3. The molecule has 1 aliphatic carbocycles. The number of hydrogen-bond acceptors (Lipinski definition) is 3. The Bertz CT molecular complexity index is 272. The fraction of sp³-hybridized carbons (Fsp3) is 0.818. The SMILES string of the molecule is CC(C)CCC(=O)NC(C(N)=NO)C1CC1. The average Bonchev–Trinajstić information content (AvgIpc) is 3.05. The Balaban J connectivity index is 2.39. The lowest BCUT2D eigenvalue weighted by molar-refractivity contribution is -0.121. The predicted molar refractivity (Wildman–Crippen MR) is 62.1 cm³/mol. The Hall–Kier alpha value is -1.26.